The van der Waals surface area contributed by atoms with E-state index < -0.39 is 0 Å². The number of nitrogens with one attached hydrogen (secondary N) is 1. The summed E-state index contributed by atoms with van der Waals surface area (Å²) in [6, 6.07) is 12.6. The Kier molecular flexibility index (Phi) is 5.79. The van der Waals surface area contributed by atoms with Gasteiger partial charge in [-0.2, -0.15) is 0 Å². The predicted molar refractivity (Wildman–Crippen MR) is 114 cm³/mol. The van der Waals surface area contributed by atoms with Gasteiger partial charge in [0, 0.05) is 56.1 Å². The third-order valence-corrected chi connectivity index (χ3v) is 6.08. The maximum atomic E-state index is 12.4. The normalized spacial score (nSPS) is 17.8. The van der Waals surface area contributed by atoms with Crippen LogP contribution in [-0.4, -0.2) is 37.1 Å². The van der Waals surface area contributed by atoms with Gasteiger partial charge in [0.25, 0.3) is 0 Å². The average molecular weight is 379 g/mol. The van der Waals surface area contributed by atoms with Gasteiger partial charge < -0.3 is 15.1 Å². The fourth-order valence-electron chi connectivity index (χ4n) is 4.45. The van der Waals surface area contributed by atoms with Crippen molar-refractivity contribution >= 4 is 17.4 Å². The summed E-state index contributed by atoms with van der Waals surface area (Å²) < 4.78 is 0. The maximum Gasteiger partial charge on any atom is 0.223 e. The second kappa shape index (κ2) is 8.63. The number of amides is 1. The van der Waals surface area contributed by atoms with E-state index in [-0.39, 0.29) is 11.8 Å². The number of carbonyl (C=O) groups is 1. The molecule has 1 saturated heterocycles. The zero-order chi connectivity index (χ0) is 19.3. The minimum Gasteiger partial charge on any atom is -0.368 e. The van der Waals surface area contributed by atoms with Crippen molar-refractivity contribution in [2.45, 2.75) is 39.2 Å². The molecule has 148 valence electrons. The van der Waals surface area contributed by atoms with Gasteiger partial charge in [-0.1, -0.05) is 37.1 Å². The number of anilines is 2. The fourth-order valence-corrected chi connectivity index (χ4v) is 4.45. The van der Waals surface area contributed by atoms with E-state index in [0.29, 0.717) is 6.54 Å². The first kappa shape index (κ1) is 18.8. The van der Waals surface area contributed by atoms with Gasteiger partial charge in [-0.05, 0) is 37.5 Å². The van der Waals surface area contributed by atoms with Crippen LogP contribution in [0.15, 0.2) is 42.6 Å². The molecule has 1 aliphatic heterocycles. The molecule has 1 aliphatic carbocycles. The molecule has 1 amide bonds. The van der Waals surface area contributed by atoms with Crippen molar-refractivity contribution in [2.24, 2.45) is 5.92 Å². The summed E-state index contributed by atoms with van der Waals surface area (Å²) in [6.07, 6.45) is 6.29. The molecular weight excluding hydrogens is 348 g/mol. The molecule has 28 heavy (non-hydrogen) atoms. The molecule has 1 N–H and O–H groups in total. The number of aryl methyl sites for hydroxylation is 1. The first-order valence-corrected chi connectivity index (χ1v) is 10.5. The van der Waals surface area contributed by atoms with E-state index in [1.165, 1.54) is 24.1 Å². The lowest BCUT2D eigenvalue weighted by Crippen LogP contribution is -2.47. The van der Waals surface area contributed by atoms with E-state index in [9.17, 15) is 4.79 Å². The molecule has 0 spiro atoms. The minimum atomic E-state index is 0.205. The summed E-state index contributed by atoms with van der Waals surface area (Å²) in [5.41, 5.74) is 3.76. The zero-order valence-corrected chi connectivity index (χ0v) is 16.7. The molecule has 0 bridgehead atoms. The molecule has 1 saturated carbocycles. The molecule has 0 radical (unpaired) electrons. The molecule has 5 nitrogen and oxygen atoms in total. The van der Waals surface area contributed by atoms with E-state index in [2.05, 4.69) is 57.4 Å². The first-order valence-electron chi connectivity index (χ1n) is 10.5. The number of para-hydroxylation sites is 1. The van der Waals surface area contributed by atoms with Crippen LogP contribution in [-0.2, 0) is 11.3 Å². The minimum absolute atomic E-state index is 0.205. The number of aromatic nitrogens is 1. The number of hydrogen-bond donors (Lipinski definition) is 1. The van der Waals surface area contributed by atoms with Crippen LogP contribution in [0.3, 0.4) is 0 Å². The number of carbonyl (C=O) groups excluding carboxylic acids is 1. The summed E-state index contributed by atoms with van der Waals surface area (Å²) in [5.74, 6) is 1.42. The second-order valence-electron chi connectivity index (χ2n) is 7.95. The Balaban J connectivity index is 1.38. The SMILES string of the molecule is Cc1ccccc1N1CCN(c2ncccc2CNC(=O)C2CCCC2)CC1. The summed E-state index contributed by atoms with van der Waals surface area (Å²) in [7, 11) is 0. The summed E-state index contributed by atoms with van der Waals surface area (Å²) in [6.45, 7) is 6.58. The monoisotopic (exact) mass is 378 g/mol. The summed E-state index contributed by atoms with van der Waals surface area (Å²) in [5, 5.41) is 3.15. The first-order chi connectivity index (χ1) is 13.7. The Morgan fingerprint density at radius 1 is 1.04 bits per heavy atom. The van der Waals surface area contributed by atoms with Crippen molar-refractivity contribution in [3.8, 4) is 0 Å². The molecule has 4 rings (SSSR count). The van der Waals surface area contributed by atoms with Gasteiger partial charge in [-0.3, -0.25) is 4.79 Å². The van der Waals surface area contributed by atoms with E-state index >= 15 is 0 Å². The third kappa shape index (κ3) is 4.13. The van der Waals surface area contributed by atoms with Crippen LogP contribution in [0.25, 0.3) is 0 Å². The Labute approximate surface area is 167 Å². The number of piperazine rings is 1. The Hall–Kier alpha value is -2.56. The van der Waals surface area contributed by atoms with Gasteiger partial charge in [0.15, 0.2) is 0 Å². The molecule has 2 fully saturated rings. The van der Waals surface area contributed by atoms with Crippen LogP contribution < -0.4 is 15.1 Å². The highest BCUT2D eigenvalue weighted by Crippen LogP contribution is 2.26. The second-order valence-corrected chi connectivity index (χ2v) is 7.95. The van der Waals surface area contributed by atoms with Crippen molar-refractivity contribution in [1.82, 2.24) is 10.3 Å². The lowest BCUT2D eigenvalue weighted by Gasteiger charge is -2.38. The number of nitrogens with zero attached hydrogens (tertiary/aromatic N) is 3. The van der Waals surface area contributed by atoms with Crippen LogP contribution in [0.1, 0.15) is 36.8 Å². The summed E-state index contributed by atoms with van der Waals surface area (Å²) >= 11 is 0. The smallest absolute Gasteiger partial charge is 0.223 e. The Bertz CT molecular complexity index is 808. The molecule has 2 aliphatic rings. The number of rotatable bonds is 5. The van der Waals surface area contributed by atoms with E-state index in [0.717, 1.165) is 50.4 Å². The maximum absolute atomic E-state index is 12.4. The molecule has 2 aromatic rings. The molecular formula is C23H30N4O. The standard InChI is InChI=1S/C23H30N4O/c1-18-7-2-5-11-21(18)26-13-15-27(16-14-26)22-20(10-6-12-24-22)17-25-23(28)19-8-3-4-9-19/h2,5-7,10-12,19H,3-4,8-9,13-17H2,1H3,(H,25,28). The van der Waals surface area contributed by atoms with E-state index in [4.69, 9.17) is 0 Å². The van der Waals surface area contributed by atoms with Crippen LogP contribution in [0, 0.1) is 12.8 Å². The molecule has 2 heterocycles. The van der Waals surface area contributed by atoms with Gasteiger partial charge >= 0.3 is 0 Å². The fraction of sp³-hybridized carbons (Fsp3) is 0.478. The van der Waals surface area contributed by atoms with Crippen LogP contribution in [0.2, 0.25) is 0 Å². The zero-order valence-electron chi connectivity index (χ0n) is 16.7. The van der Waals surface area contributed by atoms with Gasteiger partial charge in [0.1, 0.15) is 5.82 Å². The van der Waals surface area contributed by atoms with Gasteiger partial charge in [-0.25, -0.2) is 4.98 Å². The third-order valence-electron chi connectivity index (χ3n) is 6.08. The van der Waals surface area contributed by atoms with Crippen LogP contribution in [0.4, 0.5) is 11.5 Å². The van der Waals surface area contributed by atoms with Crippen molar-refractivity contribution in [1.29, 1.82) is 0 Å². The molecule has 0 unspecified atom stereocenters. The van der Waals surface area contributed by atoms with Gasteiger partial charge in [0.2, 0.25) is 5.91 Å². The Morgan fingerprint density at radius 3 is 2.50 bits per heavy atom. The van der Waals surface area contributed by atoms with Crippen LogP contribution >= 0.6 is 0 Å². The quantitative estimate of drug-likeness (QED) is 0.865. The predicted octanol–water partition coefficient (Wildman–Crippen LogP) is 3.52. The lowest BCUT2D eigenvalue weighted by atomic mass is 10.1. The highest BCUT2D eigenvalue weighted by Gasteiger charge is 2.24. The van der Waals surface area contributed by atoms with Crippen molar-refractivity contribution in [3.63, 3.8) is 0 Å². The molecule has 5 heteroatoms. The van der Waals surface area contributed by atoms with E-state index in [1.807, 2.05) is 12.3 Å². The Morgan fingerprint density at radius 2 is 1.75 bits per heavy atom. The van der Waals surface area contributed by atoms with Gasteiger partial charge in [-0.15, -0.1) is 0 Å². The van der Waals surface area contributed by atoms with Crippen LogP contribution in [0.5, 0.6) is 0 Å². The van der Waals surface area contributed by atoms with E-state index in [1.54, 1.807) is 0 Å². The number of pyridine rings is 1. The van der Waals surface area contributed by atoms with Crippen molar-refractivity contribution < 1.29 is 4.79 Å². The number of benzene rings is 1. The van der Waals surface area contributed by atoms with Crippen molar-refractivity contribution in [3.05, 3.63) is 53.7 Å². The molecule has 1 aromatic heterocycles. The summed E-state index contributed by atoms with van der Waals surface area (Å²) in [4.78, 5) is 21.8. The topological polar surface area (TPSA) is 48.5 Å². The van der Waals surface area contributed by atoms with Gasteiger partial charge in [0.05, 0.1) is 0 Å². The highest BCUT2D eigenvalue weighted by atomic mass is 16.1. The average Bonchev–Trinajstić information content (AvgIpc) is 3.28. The molecule has 0 atom stereocenters. The lowest BCUT2D eigenvalue weighted by molar-refractivity contribution is -0.124. The largest absolute Gasteiger partial charge is 0.368 e. The number of hydrogen-bond acceptors (Lipinski definition) is 4. The highest BCUT2D eigenvalue weighted by molar-refractivity contribution is 5.79. The van der Waals surface area contributed by atoms with Crippen molar-refractivity contribution in [2.75, 3.05) is 36.0 Å². The molecule has 1 aromatic carbocycles.